The van der Waals surface area contributed by atoms with E-state index < -0.39 is 0 Å². The Bertz CT molecular complexity index is 935. The van der Waals surface area contributed by atoms with E-state index in [4.69, 9.17) is 9.47 Å². The van der Waals surface area contributed by atoms with Crippen LogP contribution in [0.15, 0.2) is 49.0 Å². The van der Waals surface area contributed by atoms with Gasteiger partial charge in [-0.15, -0.1) is 0 Å². The van der Waals surface area contributed by atoms with Gasteiger partial charge < -0.3 is 19.7 Å². The summed E-state index contributed by atoms with van der Waals surface area (Å²) in [5, 5.41) is 3.65. The van der Waals surface area contributed by atoms with Crippen LogP contribution >= 0.6 is 0 Å². The number of piperidine rings is 1. The second kappa shape index (κ2) is 8.90. The lowest BCUT2D eigenvalue weighted by molar-refractivity contribution is -0.112. The Morgan fingerprint density at radius 2 is 1.87 bits per heavy atom. The Hall–Kier alpha value is -2.83. The molecule has 0 aliphatic carbocycles. The highest BCUT2D eigenvalue weighted by Crippen LogP contribution is 2.44. The van der Waals surface area contributed by atoms with Crippen LogP contribution in [0.25, 0.3) is 5.57 Å². The minimum atomic E-state index is -0.113. The number of likely N-dealkylation sites (tertiary alicyclic amines) is 1. The van der Waals surface area contributed by atoms with Gasteiger partial charge in [-0.3, -0.25) is 9.69 Å². The Balaban J connectivity index is 1.50. The molecular formula is C24H29N3O3. The van der Waals surface area contributed by atoms with Crippen LogP contribution in [0.5, 0.6) is 5.75 Å². The van der Waals surface area contributed by atoms with Gasteiger partial charge >= 0.3 is 0 Å². The number of hydrogen-bond acceptors (Lipinski definition) is 5. The number of hydrogen-bond donors (Lipinski definition) is 1. The van der Waals surface area contributed by atoms with Crippen LogP contribution in [0, 0.1) is 0 Å². The van der Waals surface area contributed by atoms with Crippen molar-refractivity contribution in [3.8, 4) is 5.75 Å². The van der Waals surface area contributed by atoms with Crippen molar-refractivity contribution in [2.45, 2.75) is 18.9 Å². The molecule has 1 amide bonds. The van der Waals surface area contributed by atoms with Crippen molar-refractivity contribution >= 4 is 28.5 Å². The first kappa shape index (κ1) is 20.4. The number of carbonyl (C=O) groups excluding carboxylic acids is 1. The molecule has 2 heterocycles. The standard InChI is InChI=1S/C24H29N3O3/c1-17-20-16-19(25-18-10-12-26(13-11-18)14-15-29-2)8-9-21(20)27(24(17)28)22-6-4-5-7-23(22)30-3/h4-9,16,18,25H,1,10-15H2,2-3H3. The number of amides is 1. The van der Waals surface area contributed by atoms with Crippen LogP contribution in [0.3, 0.4) is 0 Å². The summed E-state index contributed by atoms with van der Waals surface area (Å²) in [7, 11) is 3.36. The van der Waals surface area contributed by atoms with E-state index >= 15 is 0 Å². The molecule has 0 atom stereocenters. The van der Waals surface area contributed by atoms with Gasteiger partial charge in [-0.25, -0.2) is 0 Å². The highest BCUT2D eigenvalue weighted by Gasteiger charge is 2.34. The molecule has 158 valence electrons. The minimum absolute atomic E-state index is 0.113. The number of fused-ring (bicyclic) bond motifs is 1. The number of anilines is 3. The van der Waals surface area contributed by atoms with Crippen LogP contribution in [-0.4, -0.2) is 57.3 Å². The molecule has 2 aliphatic heterocycles. The summed E-state index contributed by atoms with van der Waals surface area (Å²) in [5.41, 5.74) is 3.98. The van der Waals surface area contributed by atoms with E-state index in [2.05, 4.69) is 16.8 Å². The zero-order valence-corrected chi connectivity index (χ0v) is 17.7. The summed E-state index contributed by atoms with van der Waals surface area (Å²) >= 11 is 0. The lowest BCUT2D eigenvalue weighted by Crippen LogP contribution is -2.40. The van der Waals surface area contributed by atoms with E-state index in [-0.39, 0.29) is 5.91 Å². The van der Waals surface area contributed by atoms with Gasteiger partial charge in [-0.05, 0) is 43.2 Å². The summed E-state index contributed by atoms with van der Waals surface area (Å²) in [5.74, 6) is 0.548. The first-order chi connectivity index (χ1) is 14.6. The van der Waals surface area contributed by atoms with Gasteiger partial charge in [0.05, 0.1) is 25.1 Å². The van der Waals surface area contributed by atoms with Crippen molar-refractivity contribution in [1.29, 1.82) is 0 Å². The lowest BCUT2D eigenvalue weighted by atomic mass is 10.0. The van der Waals surface area contributed by atoms with E-state index in [1.165, 1.54) is 0 Å². The Kier molecular flexibility index (Phi) is 6.06. The maximum atomic E-state index is 13.0. The largest absolute Gasteiger partial charge is 0.495 e. The number of rotatable bonds is 7. The van der Waals surface area contributed by atoms with E-state index in [1.54, 1.807) is 19.1 Å². The fourth-order valence-corrected chi connectivity index (χ4v) is 4.23. The summed E-state index contributed by atoms with van der Waals surface area (Å²) < 4.78 is 10.6. The van der Waals surface area contributed by atoms with Crippen LogP contribution < -0.4 is 15.0 Å². The monoisotopic (exact) mass is 407 g/mol. The molecule has 0 unspecified atom stereocenters. The lowest BCUT2D eigenvalue weighted by Gasteiger charge is -2.32. The second-order valence-corrected chi connectivity index (χ2v) is 7.78. The first-order valence-corrected chi connectivity index (χ1v) is 10.4. The summed E-state index contributed by atoms with van der Waals surface area (Å²) in [4.78, 5) is 17.1. The van der Waals surface area contributed by atoms with Crippen LogP contribution in [0.1, 0.15) is 18.4 Å². The van der Waals surface area contributed by atoms with E-state index in [9.17, 15) is 4.79 Å². The molecular weight excluding hydrogens is 378 g/mol. The van der Waals surface area contributed by atoms with Crippen LogP contribution in [0.4, 0.5) is 17.1 Å². The fourth-order valence-electron chi connectivity index (χ4n) is 4.23. The van der Waals surface area contributed by atoms with E-state index in [0.29, 0.717) is 17.4 Å². The third-order valence-corrected chi connectivity index (χ3v) is 5.92. The Labute approximate surface area is 178 Å². The van der Waals surface area contributed by atoms with E-state index in [0.717, 1.165) is 61.7 Å². The van der Waals surface area contributed by atoms with Crippen molar-refractivity contribution in [3.05, 3.63) is 54.6 Å². The van der Waals surface area contributed by atoms with Gasteiger partial charge in [-0.1, -0.05) is 18.7 Å². The van der Waals surface area contributed by atoms with Crippen LogP contribution in [0.2, 0.25) is 0 Å². The number of ether oxygens (including phenoxy) is 2. The molecule has 4 rings (SSSR count). The molecule has 0 saturated carbocycles. The Morgan fingerprint density at radius 3 is 2.60 bits per heavy atom. The number of nitrogens with one attached hydrogen (secondary N) is 1. The zero-order valence-electron chi connectivity index (χ0n) is 17.7. The third kappa shape index (κ3) is 3.93. The van der Waals surface area contributed by atoms with Crippen molar-refractivity contribution in [1.82, 2.24) is 4.90 Å². The highest BCUT2D eigenvalue weighted by atomic mass is 16.5. The third-order valence-electron chi connectivity index (χ3n) is 5.92. The average molecular weight is 408 g/mol. The molecule has 0 bridgehead atoms. The molecule has 0 radical (unpaired) electrons. The quantitative estimate of drug-likeness (QED) is 0.706. The van der Waals surface area contributed by atoms with Gasteiger partial charge in [0.2, 0.25) is 0 Å². The SMILES string of the molecule is C=C1C(=O)N(c2ccccc2OC)c2ccc(NC3CCN(CCOC)CC3)cc21. The number of methoxy groups -OCH3 is 2. The van der Waals surface area contributed by atoms with Crippen molar-refractivity contribution in [2.24, 2.45) is 0 Å². The van der Waals surface area contributed by atoms with Gasteiger partial charge in [0.1, 0.15) is 5.75 Å². The molecule has 6 nitrogen and oxygen atoms in total. The molecule has 0 spiro atoms. The molecule has 2 aliphatic rings. The van der Waals surface area contributed by atoms with Crippen LogP contribution in [-0.2, 0) is 9.53 Å². The molecule has 1 saturated heterocycles. The predicted molar refractivity (Wildman–Crippen MR) is 121 cm³/mol. The average Bonchev–Trinajstić information content (AvgIpc) is 3.03. The molecule has 1 fully saturated rings. The fraction of sp³-hybridized carbons (Fsp3) is 0.375. The zero-order chi connectivity index (χ0) is 21.1. The van der Waals surface area contributed by atoms with E-state index in [1.807, 2.05) is 42.5 Å². The van der Waals surface area contributed by atoms with Gasteiger partial charge in [-0.2, -0.15) is 0 Å². The molecule has 2 aromatic carbocycles. The van der Waals surface area contributed by atoms with Gasteiger partial charge in [0.15, 0.2) is 0 Å². The van der Waals surface area contributed by atoms with Gasteiger partial charge in [0, 0.05) is 49.6 Å². The molecule has 6 heteroatoms. The first-order valence-electron chi connectivity index (χ1n) is 10.4. The van der Waals surface area contributed by atoms with Crippen molar-refractivity contribution < 1.29 is 14.3 Å². The number of benzene rings is 2. The summed E-state index contributed by atoms with van der Waals surface area (Å²) in [6.07, 6.45) is 2.18. The maximum absolute atomic E-state index is 13.0. The predicted octanol–water partition coefficient (Wildman–Crippen LogP) is 3.91. The normalized spacial score (nSPS) is 17.3. The number of nitrogens with zero attached hydrogens (tertiary/aromatic N) is 2. The number of carbonyl (C=O) groups is 1. The molecule has 0 aromatic heterocycles. The van der Waals surface area contributed by atoms with Crippen molar-refractivity contribution in [2.75, 3.05) is 50.7 Å². The smallest absolute Gasteiger partial charge is 0.263 e. The second-order valence-electron chi connectivity index (χ2n) is 7.78. The maximum Gasteiger partial charge on any atom is 0.263 e. The van der Waals surface area contributed by atoms with Crippen molar-refractivity contribution in [3.63, 3.8) is 0 Å². The Morgan fingerprint density at radius 1 is 1.10 bits per heavy atom. The minimum Gasteiger partial charge on any atom is -0.495 e. The summed E-state index contributed by atoms with van der Waals surface area (Å²) in [6.45, 7) is 7.96. The highest BCUT2D eigenvalue weighted by molar-refractivity contribution is 6.34. The topological polar surface area (TPSA) is 54.0 Å². The molecule has 30 heavy (non-hydrogen) atoms. The molecule has 1 N–H and O–H groups in total. The summed E-state index contributed by atoms with van der Waals surface area (Å²) in [6, 6.07) is 14.1. The number of para-hydroxylation sites is 2. The van der Waals surface area contributed by atoms with Gasteiger partial charge in [0.25, 0.3) is 5.91 Å². The molecule has 2 aromatic rings.